The third kappa shape index (κ3) is 5.75. The van der Waals surface area contributed by atoms with Gasteiger partial charge in [-0.2, -0.15) is 0 Å². The summed E-state index contributed by atoms with van der Waals surface area (Å²) >= 11 is 12.7. The minimum atomic E-state index is -3.40. The summed E-state index contributed by atoms with van der Waals surface area (Å²) in [6.07, 6.45) is 0.441. The van der Waals surface area contributed by atoms with Gasteiger partial charge in [-0.15, -0.1) is 0 Å². The summed E-state index contributed by atoms with van der Waals surface area (Å²) in [6, 6.07) is 10.9. The minimum Gasteiger partial charge on any atom is -0.382 e. The smallest absolute Gasteiger partial charge is 0.178 e. The maximum Gasteiger partial charge on any atom is 0.178 e. The first kappa shape index (κ1) is 23.5. The third-order valence-corrected chi connectivity index (χ3v) is 7.60. The Morgan fingerprint density at radius 3 is 2.70 bits per heavy atom. The Bertz CT molecular complexity index is 981. The number of benzene rings is 2. The highest BCUT2D eigenvalue weighted by Gasteiger charge is 2.28. The standard InChI is InChI=1S/C22H27Cl2NO4S/c1-25-14-20(19-12-17(23)13-22(24)21(19)15-25)16-5-3-6-18(11-16)30(26,27)10-4-7-29-9-8-28-2/h3,5-6,11-13,20H,4,7-10,14-15H2,1-2H3. The molecule has 0 aromatic heterocycles. The number of halogens is 2. The topological polar surface area (TPSA) is 55.8 Å². The molecule has 8 heteroatoms. The van der Waals surface area contributed by atoms with Crippen molar-refractivity contribution in [3.8, 4) is 0 Å². The number of fused-ring (bicyclic) bond motifs is 1. The van der Waals surface area contributed by atoms with E-state index in [-0.39, 0.29) is 11.7 Å². The van der Waals surface area contributed by atoms with Gasteiger partial charge >= 0.3 is 0 Å². The zero-order valence-corrected chi connectivity index (χ0v) is 19.6. The quantitative estimate of drug-likeness (QED) is 0.507. The molecule has 1 aliphatic heterocycles. The molecule has 1 heterocycles. The predicted octanol–water partition coefficient (Wildman–Crippen LogP) is 4.40. The van der Waals surface area contributed by atoms with Gasteiger partial charge in [-0.25, -0.2) is 8.42 Å². The van der Waals surface area contributed by atoms with Crippen LogP contribution in [0.25, 0.3) is 0 Å². The summed E-state index contributed by atoms with van der Waals surface area (Å²) in [7, 11) is 0.237. The highest BCUT2D eigenvalue weighted by atomic mass is 35.5. The lowest BCUT2D eigenvalue weighted by molar-refractivity contribution is 0.0712. The van der Waals surface area contributed by atoms with Gasteiger partial charge in [0.05, 0.1) is 23.9 Å². The van der Waals surface area contributed by atoms with Gasteiger partial charge < -0.3 is 14.4 Å². The molecule has 1 unspecified atom stereocenters. The summed E-state index contributed by atoms with van der Waals surface area (Å²) < 4.78 is 36.0. The highest BCUT2D eigenvalue weighted by molar-refractivity contribution is 7.91. The fourth-order valence-corrected chi connectivity index (χ4v) is 5.67. The van der Waals surface area contributed by atoms with Crippen LogP contribution in [-0.4, -0.2) is 59.6 Å². The Morgan fingerprint density at radius 1 is 1.13 bits per heavy atom. The van der Waals surface area contributed by atoms with Gasteiger partial charge in [0.1, 0.15) is 0 Å². The normalized spacial score (nSPS) is 17.1. The minimum absolute atomic E-state index is 0.00229. The maximum atomic E-state index is 12.8. The van der Waals surface area contributed by atoms with Crippen molar-refractivity contribution in [2.24, 2.45) is 0 Å². The van der Waals surface area contributed by atoms with Crippen LogP contribution in [0.5, 0.6) is 0 Å². The van der Waals surface area contributed by atoms with Crippen LogP contribution in [-0.2, 0) is 25.9 Å². The summed E-state index contributed by atoms with van der Waals surface area (Å²) in [5.41, 5.74) is 3.05. The molecule has 0 bridgehead atoms. The zero-order chi connectivity index (χ0) is 21.7. The number of nitrogens with zero attached hydrogens (tertiary/aromatic N) is 1. The molecule has 3 rings (SSSR count). The van der Waals surface area contributed by atoms with Crippen molar-refractivity contribution < 1.29 is 17.9 Å². The van der Waals surface area contributed by atoms with E-state index in [1.54, 1.807) is 31.4 Å². The van der Waals surface area contributed by atoms with Crippen LogP contribution in [0.4, 0.5) is 0 Å². The third-order valence-electron chi connectivity index (χ3n) is 5.25. The molecule has 30 heavy (non-hydrogen) atoms. The number of ether oxygens (including phenoxy) is 2. The second kappa shape index (κ2) is 10.4. The van der Waals surface area contributed by atoms with E-state index in [2.05, 4.69) is 4.90 Å². The first-order valence-corrected chi connectivity index (χ1v) is 12.3. The second-order valence-electron chi connectivity index (χ2n) is 7.55. The molecule has 2 aromatic rings. The molecule has 0 amide bonds. The molecule has 0 N–H and O–H groups in total. The molecule has 0 radical (unpaired) electrons. The van der Waals surface area contributed by atoms with E-state index in [9.17, 15) is 8.42 Å². The van der Waals surface area contributed by atoms with Crippen molar-refractivity contribution in [3.63, 3.8) is 0 Å². The molecule has 1 aliphatic rings. The fraction of sp³-hybridized carbons (Fsp3) is 0.455. The van der Waals surface area contributed by atoms with Gasteiger partial charge in [0, 0.05) is 42.8 Å². The van der Waals surface area contributed by atoms with Gasteiger partial charge in [0.15, 0.2) is 9.84 Å². The average molecular weight is 472 g/mol. The Balaban J connectivity index is 1.81. The Morgan fingerprint density at radius 2 is 1.93 bits per heavy atom. The van der Waals surface area contributed by atoms with Crippen LogP contribution in [0.15, 0.2) is 41.3 Å². The first-order valence-electron chi connectivity index (χ1n) is 9.87. The maximum absolute atomic E-state index is 12.8. The lowest BCUT2D eigenvalue weighted by Crippen LogP contribution is -2.31. The van der Waals surface area contributed by atoms with Gasteiger partial charge in [-0.1, -0.05) is 35.3 Å². The number of hydrogen-bond donors (Lipinski definition) is 0. The van der Waals surface area contributed by atoms with Crippen LogP contribution in [0.1, 0.15) is 29.0 Å². The summed E-state index contributed by atoms with van der Waals surface area (Å²) in [5.74, 6) is 0.0462. The van der Waals surface area contributed by atoms with Crippen molar-refractivity contribution in [1.82, 2.24) is 4.90 Å². The van der Waals surface area contributed by atoms with Crippen LogP contribution < -0.4 is 0 Å². The van der Waals surface area contributed by atoms with Crippen LogP contribution >= 0.6 is 23.2 Å². The van der Waals surface area contributed by atoms with Gasteiger partial charge in [-0.3, -0.25) is 0 Å². The van der Waals surface area contributed by atoms with E-state index in [1.807, 2.05) is 19.2 Å². The zero-order valence-electron chi connectivity index (χ0n) is 17.2. The molecule has 164 valence electrons. The molecule has 0 saturated carbocycles. The van der Waals surface area contributed by atoms with E-state index in [4.69, 9.17) is 32.7 Å². The Labute approximate surface area is 188 Å². The van der Waals surface area contributed by atoms with Crippen molar-refractivity contribution in [2.45, 2.75) is 23.8 Å². The summed E-state index contributed by atoms with van der Waals surface area (Å²) in [5, 5.41) is 1.23. The molecule has 0 aliphatic carbocycles. The van der Waals surface area contributed by atoms with Gasteiger partial charge in [0.25, 0.3) is 0 Å². The van der Waals surface area contributed by atoms with E-state index in [0.717, 1.165) is 29.8 Å². The Hall–Kier alpha value is -1.15. The number of likely N-dealkylation sites (N-methyl/N-ethyl adjacent to an activating group) is 1. The molecular formula is C22H27Cl2NO4S. The second-order valence-corrected chi connectivity index (χ2v) is 10.5. The molecule has 0 saturated heterocycles. The molecule has 0 spiro atoms. The van der Waals surface area contributed by atoms with Crippen molar-refractivity contribution >= 4 is 33.0 Å². The average Bonchev–Trinajstić information content (AvgIpc) is 2.71. The first-order chi connectivity index (χ1) is 14.3. The monoisotopic (exact) mass is 471 g/mol. The Kier molecular flexibility index (Phi) is 8.18. The lowest BCUT2D eigenvalue weighted by atomic mass is 9.85. The lowest BCUT2D eigenvalue weighted by Gasteiger charge is -2.33. The molecular weight excluding hydrogens is 445 g/mol. The summed E-state index contributed by atoms with van der Waals surface area (Å²) in [6.45, 7) is 2.86. The largest absolute Gasteiger partial charge is 0.382 e. The van der Waals surface area contributed by atoms with Crippen molar-refractivity contribution in [2.75, 3.05) is 46.3 Å². The van der Waals surface area contributed by atoms with Crippen LogP contribution in [0, 0.1) is 0 Å². The SMILES string of the molecule is COCCOCCCS(=O)(=O)c1cccc(C2CN(C)Cc3c(Cl)cc(Cl)cc32)c1. The molecule has 1 atom stereocenters. The fourth-order valence-electron chi connectivity index (χ4n) is 3.77. The van der Waals surface area contributed by atoms with E-state index in [1.165, 1.54) is 0 Å². The molecule has 0 fully saturated rings. The van der Waals surface area contributed by atoms with Crippen LogP contribution in [0.2, 0.25) is 10.0 Å². The highest BCUT2D eigenvalue weighted by Crippen LogP contribution is 2.38. The van der Waals surface area contributed by atoms with Crippen LogP contribution in [0.3, 0.4) is 0 Å². The van der Waals surface area contributed by atoms with E-state index >= 15 is 0 Å². The number of rotatable bonds is 9. The van der Waals surface area contributed by atoms with Gasteiger partial charge in [0.2, 0.25) is 0 Å². The van der Waals surface area contributed by atoms with Gasteiger partial charge in [-0.05, 0) is 54.4 Å². The van der Waals surface area contributed by atoms with E-state index in [0.29, 0.717) is 41.2 Å². The number of methoxy groups -OCH3 is 1. The molecule has 2 aromatic carbocycles. The molecule has 5 nitrogen and oxygen atoms in total. The van der Waals surface area contributed by atoms with Crippen molar-refractivity contribution in [1.29, 1.82) is 0 Å². The van der Waals surface area contributed by atoms with Crippen molar-refractivity contribution in [3.05, 3.63) is 63.1 Å². The number of sulfone groups is 1. The number of hydrogen-bond acceptors (Lipinski definition) is 5. The summed E-state index contributed by atoms with van der Waals surface area (Å²) in [4.78, 5) is 2.52. The van der Waals surface area contributed by atoms with E-state index < -0.39 is 9.84 Å². The predicted molar refractivity (Wildman–Crippen MR) is 120 cm³/mol.